The molecule has 1 N–H and O–H groups in total. The molecule has 5 heterocycles. The van der Waals surface area contributed by atoms with E-state index in [4.69, 9.17) is 0 Å². The monoisotopic (exact) mass is 414 g/mol. The smallest absolute Gasteiger partial charge is 0.255 e. The van der Waals surface area contributed by atoms with Gasteiger partial charge in [-0.3, -0.25) is 14.8 Å². The van der Waals surface area contributed by atoms with Crippen LogP contribution < -0.4 is 0 Å². The molecule has 0 bridgehead atoms. The van der Waals surface area contributed by atoms with Crippen molar-refractivity contribution in [2.45, 2.75) is 25.0 Å². The molecule has 1 aliphatic rings. The number of piperidine rings is 1. The maximum Gasteiger partial charge on any atom is 0.255 e. The first-order chi connectivity index (χ1) is 15.1. The fourth-order valence-electron chi connectivity index (χ4n) is 4.04. The minimum absolute atomic E-state index is 0.0955. The Labute approximate surface area is 179 Å². The number of likely N-dealkylation sites (tertiary alicyclic amines) is 1. The van der Waals surface area contributed by atoms with Gasteiger partial charge in [-0.1, -0.05) is 12.1 Å². The summed E-state index contributed by atoms with van der Waals surface area (Å²) in [7, 11) is 0. The highest BCUT2D eigenvalue weighted by molar-refractivity contribution is 5.96. The number of hydrogen-bond acceptors (Lipinski definition) is 6. The SMILES string of the molecule is O=C(c1cnc2c(c1)ncn2Cc1ccccn1)N1CCC(O)(c2cccnc2)CC1. The highest BCUT2D eigenvalue weighted by Gasteiger charge is 2.35. The Hall–Kier alpha value is -3.65. The molecule has 4 aromatic rings. The first-order valence-electron chi connectivity index (χ1n) is 10.3. The largest absolute Gasteiger partial charge is 0.385 e. The summed E-state index contributed by atoms with van der Waals surface area (Å²) in [5.41, 5.74) is 2.65. The number of imidazole rings is 1. The summed E-state index contributed by atoms with van der Waals surface area (Å²) in [6.07, 6.45) is 9.39. The predicted octanol–water partition coefficient (Wildman–Crippen LogP) is 2.39. The van der Waals surface area contributed by atoms with Crippen LogP contribution in [0.15, 0.2) is 67.5 Å². The van der Waals surface area contributed by atoms with Crippen molar-refractivity contribution in [1.29, 1.82) is 0 Å². The maximum absolute atomic E-state index is 13.0. The normalized spacial score (nSPS) is 15.8. The van der Waals surface area contributed by atoms with Crippen molar-refractivity contribution in [1.82, 2.24) is 29.4 Å². The van der Waals surface area contributed by atoms with Crippen molar-refractivity contribution in [2.75, 3.05) is 13.1 Å². The van der Waals surface area contributed by atoms with Gasteiger partial charge in [-0.15, -0.1) is 0 Å². The van der Waals surface area contributed by atoms with Crippen LogP contribution in [0.4, 0.5) is 0 Å². The number of pyridine rings is 3. The molecule has 1 amide bonds. The number of rotatable bonds is 4. The van der Waals surface area contributed by atoms with Crippen molar-refractivity contribution in [3.05, 3.63) is 84.3 Å². The highest BCUT2D eigenvalue weighted by Crippen LogP contribution is 2.32. The molecule has 156 valence electrons. The minimum atomic E-state index is -0.947. The van der Waals surface area contributed by atoms with E-state index < -0.39 is 5.60 Å². The van der Waals surface area contributed by atoms with Gasteiger partial charge in [-0.25, -0.2) is 9.97 Å². The minimum Gasteiger partial charge on any atom is -0.385 e. The van der Waals surface area contributed by atoms with Gasteiger partial charge in [-0.2, -0.15) is 0 Å². The van der Waals surface area contributed by atoms with Crippen LogP contribution in [0.3, 0.4) is 0 Å². The van der Waals surface area contributed by atoms with E-state index in [1.54, 1.807) is 42.1 Å². The zero-order valence-corrected chi connectivity index (χ0v) is 16.9. The van der Waals surface area contributed by atoms with E-state index in [0.717, 1.165) is 11.3 Å². The van der Waals surface area contributed by atoms with Gasteiger partial charge in [0, 0.05) is 43.4 Å². The van der Waals surface area contributed by atoms with Crippen molar-refractivity contribution in [2.24, 2.45) is 0 Å². The number of fused-ring (bicyclic) bond motifs is 1. The van der Waals surface area contributed by atoms with Crippen LogP contribution >= 0.6 is 0 Å². The first kappa shape index (κ1) is 19.3. The van der Waals surface area contributed by atoms with Crippen molar-refractivity contribution in [3.8, 4) is 0 Å². The standard InChI is InChI=1S/C23H22N6O2/c30-22(28-10-6-23(31,7-11-28)18-4-3-8-24-14-18)17-12-20-21(26-13-17)29(16-27-20)15-19-5-1-2-9-25-19/h1-5,8-9,12-14,16,31H,6-7,10-11,15H2. The van der Waals surface area contributed by atoms with Gasteiger partial charge in [0.05, 0.1) is 29.7 Å². The summed E-state index contributed by atoms with van der Waals surface area (Å²) in [5, 5.41) is 11.0. The van der Waals surface area contributed by atoms with Gasteiger partial charge in [0.1, 0.15) is 5.52 Å². The summed E-state index contributed by atoms with van der Waals surface area (Å²) < 4.78 is 1.92. The second kappa shape index (κ2) is 7.88. The lowest BCUT2D eigenvalue weighted by molar-refractivity contribution is -0.0213. The molecule has 1 saturated heterocycles. The van der Waals surface area contributed by atoms with Gasteiger partial charge in [0.25, 0.3) is 5.91 Å². The second-order valence-corrected chi connectivity index (χ2v) is 7.83. The highest BCUT2D eigenvalue weighted by atomic mass is 16.3. The fraction of sp³-hybridized carbons (Fsp3) is 0.261. The van der Waals surface area contributed by atoms with Gasteiger partial charge < -0.3 is 14.6 Å². The molecule has 0 saturated carbocycles. The Morgan fingerprint density at radius 1 is 1.03 bits per heavy atom. The lowest BCUT2D eigenvalue weighted by Gasteiger charge is -2.38. The molecule has 8 heteroatoms. The quantitative estimate of drug-likeness (QED) is 0.551. The molecular formula is C23H22N6O2. The third kappa shape index (κ3) is 3.77. The average molecular weight is 414 g/mol. The van der Waals surface area contributed by atoms with E-state index in [0.29, 0.717) is 49.2 Å². The van der Waals surface area contributed by atoms with Crippen LogP contribution in [0.2, 0.25) is 0 Å². The van der Waals surface area contributed by atoms with E-state index in [-0.39, 0.29) is 5.91 Å². The van der Waals surface area contributed by atoms with Crippen LogP contribution in [-0.4, -0.2) is 53.5 Å². The number of carbonyl (C=O) groups is 1. The summed E-state index contributed by atoms with van der Waals surface area (Å²) in [5.74, 6) is -0.0955. The van der Waals surface area contributed by atoms with Crippen LogP contribution in [-0.2, 0) is 12.1 Å². The number of hydrogen-bond donors (Lipinski definition) is 1. The van der Waals surface area contributed by atoms with E-state index in [2.05, 4.69) is 19.9 Å². The third-order valence-electron chi connectivity index (χ3n) is 5.84. The van der Waals surface area contributed by atoms with Gasteiger partial charge in [0.15, 0.2) is 5.65 Å². The fourth-order valence-corrected chi connectivity index (χ4v) is 4.04. The van der Waals surface area contributed by atoms with Crippen LogP contribution in [0, 0.1) is 0 Å². The Morgan fingerprint density at radius 3 is 2.65 bits per heavy atom. The Morgan fingerprint density at radius 2 is 1.90 bits per heavy atom. The number of nitrogens with zero attached hydrogens (tertiary/aromatic N) is 6. The molecule has 4 aromatic heterocycles. The Bertz CT molecular complexity index is 1200. The Kier molecular flexibility index (Phi) is 4.91. The van der Waals surface area contributed by atoms with E-state index in [1.807, 2.05) is 34.9 Å². The van der Waals surface area contributed by atoms with Crippen molar-refractivity contribution < 1.29 is 9.90 Å². The molecule has 0 unspecified atom stereocenters. The molecule has 0 atom stereocenters. The van der Waals surface area contributed by atoms with Crippen LogP contribution in [0.25, 0.3) is 11.2 Å². The molecule has 8 nitrogen and oxygen atoms in total. The molecule has 0 aliphatic carbocycles. The molecule has 0 aromatic carbocycles. The van der Waals surface area contributed by atoms with Gasteiger partial charge in [-0.05, 0) is 37.1 Å². The van der Waals surface area contributed by atoms with E-state index >= 15 is 0 Å². The molecule has 31 heavy (non-hydrogen) atoms. The summed E-state index contributed by atoms with van der Waals surface area (Å²) in [4.78, 5) is 32.2. The lowest BCUT2D eigenvalue weighted by atomic mass is 9.85. The van der Waals surface area contributed by atoms with Crippen molar-refractivity contribution >= 4 is 17.1 Å². The second-order valence-electron chi connectivity index (χ2n) is 7.83. The van der Waals surface area contributed by atoms with E-state index in [1.165, 1.54) is 0 Å². The van der Waals surface area contributed by atoms with Crippen LogP contribution in [0.1, 0.15) is 34.5 Å². The number of aliphatic hydroxyl groups is 1. The predicted molar refractivity (Wildman–Crippen MR) is 114 cm³/mol. The van der Waals surface area contributed by atoms with Gasteiger partial charge >= 0.3 is 0 Å². The van der Waals surface area contributed by atoms with Crippen molar-refractivity contribution in [3.63, 3.8) is 0 Å². The molecule has 1 aliphatic heterocycles. The Balaban J connectivity index is 1.30. The topological polar surface area (TPSA) is 97.0 Å². The summed E-state index contributed by atoms with van der Waals surface area (Å²) in [6.45, 7) is 1.50. The first-order valence-corrected chi connectivity index (χ1v) is 10.3. The number of carbonyl (C=O) groups excluding carboxylic acids is 1. The van der Waals surface area contributed by atoms with Crippen LogP contribution in [0.5, 0.6) is 0 Å². The number of aromatic nitrogens is 5. The summed E-state index contributed by atoms with van der Waals surface area (Å²) >= 11 is 0. The molecule has 5 rings (SSSR count). The average Bonchev–Trinajstić information content (AvgIpc) is 3.22. The zero-order chi connectivity index (χ0) is 21.3. The lowest BCUT2D eigenvalue weighted by Crippen LogP contribution is -2.45. The zero-order valence-electron chi connectivity index (χ0n) is 16.9. The van der Waals surface area contributed by atoms with E-state index in [9.17, 15) is 9.90 Å². The number of amides is 1. The summed E-state index contributed by atoms with van der Waals surface area (Å²) in [6, 6.07) is 11.3. The molecular weight excluding hydrogens is 392 g/mol. The third-order valence-corrected chi connectivity index (χ3v) is 5.84. The molecule has 0 spiro atoms. The molecule has 0 radical (unpaired) electrons. The molecule has 1 fully saturated rings. The maximum atomic E-state index is 13.0. The van der Waals surface area contributed by atoms with Gasteiger partial charge in [0.2, 0.25) is 0 Å².